The number of aromatic nitrogens is 2. The van der Waals surface area contributed by atoms with Gasteiger partial charge < -0.3 is 5.32 Å². The normalized spacial score (nSPS) is 11.4. The number of nitrogens with one attached hydrogen (secondary N) is 3. The number of hydrogen-bond donors (Lipinski definition) is 3. The molecule has 28 heavy (non-hydrogen) atoms. The zero-order valence-corrected chi connectivity index (χ0v) is 16.5. The topological polar surface area (TPSA) is 104 Å². The minimum Gasteiger partial charge on any atom is -0.351 e. The minimum atomic E-state index is -3.67. The number of amides is 1. The van der Waals surface area contributed by atoms with Crippen molar-refractivity contribution in [1.29, 1.82) is 0 Å². The first kappa shape index (κ1) is 19.8. The van der Waals surface area contributed by atoms with Crippen molar-refractivity contribution < 1.29 is 13.2 Å². The van der Waals surface area contributed by atoms with Crippen LogP contribution in [0.4, 0.5) is 0 Å². The minimum absolute atomic E-state index is 0.0836. The number of rotatable bonds is 7. The summed E-state index contributed by atoms with van der Waals surface area (Å²) in [7, 11) is -3.67. The highest BCUT2D eigenvalue weighted by atomic mass is 32.2. The molecular weight excluding hydrogens is 376 g/mol. The van der Waals surface area contributed by atoms with Gasteiger partial charge in [0.05, 0.1) is 11.4 Å². The quantitative estimate of drug-likeness (QED) is 0.532. The average molecular weight is 398 g/mol. The fourth-order valence-electron chi connectivity index (χ4n) is 2.92. The van der Waals surface area contributed by atoms with Crippen molar-refractivity contribution in [3.63, 3.8) is 0 Å². The van der Waals surface area contributed by atoms with E-state index in [9.17, 15) is 13.2 Å². The summed E-state index contributed by atoms with van der Waals surface area (Å²) in [6, 6.07) is 17.2. The number of benzene rings is 2. The van der Waals surface area contributed by atoms with Gasteiger partial charge >= 0.3 is 0 Å². The van der Waals surface area contributed by atoms with Gasteiger partial charge in [-0.05, 0) is 37.1 Å². The molecule has 0 saturated carbocycles. The van der Waals surface area contributed by atoms with E-state index < -0.39 is 10.0 Å². The molecule has 3 rings (SSSR count). The van der Waals surface area contributed by atoms with Crippen molar-refractivity contribution in [2.75, 3.05) is 13.1 Å². The number of hydrogen-bond acceptors (Lipinski definition) is 4. The van der Waals surface area contributed by atoms with Gasteiger partial charge in [-0.2, -0.15) is 5.10 Å². The molecule has 1 amide bonds. The molecule has 0 fully saturated rings. The fourth-order valence-corrected chi connectivity index (χ4v) is 4.32. The molecule has 0 aliphatic rings. The number of nitrogens with zero attached hydrogens (tertiary/aromatic N) is 1. The molecule has 0 saturated heterocycles. The van der Waals surface area contributed by atoms with E-state index >= 15 is 0 Å². The highest BCUT2D eigenvalue weighted by Gasteiger charge is 2.21. The van der Waals surface area contributed by atoms with Crippen LogP contribution in [0, 0.1) is 13.8 Å². The standard InChI is InChI=1S/C20H22N4O3S/c1-14-19(15(2)24-23-14)28(26,27)22-13-12-21-20(25)18-10-8-17(9-11-18)16-6-4-3-5-7-16/h3-11,22H,12-13H2,1-2H3,(H,21,25)(H,23,24). The molecule has 7 nitrogen and oxygen atoms in total. The van der Waals surface area contributed by atoms with Crippen molar-refractivity contribution in [3.05, 3.63) is 71.5 Å². The van der Waals surface area contributed by atoms with Gasteiger partial charge in [-0.3, -0.25) is 9.89 Å². The number of carbonyl (C=O) groups excluding carboxylic acids is 1. The summed E-state index contributed by atoms with van der Waals surface area (Å²) in [4.78, 5) is 12.4. The molecular formula is C20H22N4O3S. The lowest BCUT2D eigenvalue weighted by atomic mass is 10.0. The van der Waals surface area contributed by atoms with Gasteiger partial charge in [-0.25, -0.2) is 13.1 Å². The second-order valence-electron chi connectivity index (χ2n) is 6.36. The van der Waals surface area contributed by atoms with E-state index in [1.54, 1.807) is 26.0 Å². The van der Waals surface area contributed by atoms with E-state index in [2.05, 4.69) is 20.2 Å². The maximum atomic E-state index is 12.3. The van der Waals surface area contributed by atoms with Crippen LogP contribution in [0.2, 0.25) is 0 Å². The average Bonchev–Trinajstić information content (AvgIpc) is 3.05. The SMILES string of the molecule is Cc1n[nH]c(C)c1S(=O)(=O)NCCNC(=O)c1ccc(-c2ccccc2)cc1. The Morgan fingerprint density at radius 3 is 2.21 bits per heavy atom. The summed E-state index contributed by atoms with van der Waals surface area (Å²) in [5.74, 6) is -0.255. The lowest BCUT2D eigenvalue weighted by Gasteiger charge is -2.09. The second kappa shape index (κ2) is 8.37. The Labute approximate surface area is 164 Å². The lowest BCUT2D eigenvalue weighted by molar-refractivity contribution is 0.0954. The molecule has 0 aliphatic carbocycles. The summed E-state index contributed by atoms with van der Waals surface area (Å²) in [5.41, 5.74) is 3.51. The summed E-state index contributed by atoms with van der Waals surface area (Å²) in [6.45, 7) is 3.53. The zero-order chi connectivity index (χ0) is 20.1. The zero-order valence-electron chi connectivity index (χ0n) is 15.7. The van der Waals surface area contributed by atoms with Gasteiger partial charge in [0.25, 0.3) is 5.91 Å². The van der Waals surface area contributed by atoms with E-state index in [0.29, 0.717) is 17.0 Å². The third-order valence-electron chi connectivity index (χ3n) is 4.29. The summed E-state index contributed by atoms with van der Waals surface area (Å²) < 4.78 is 27.2. The van der Waals surface area contributed by atoms with Crippen molar-refractivity contribution >= 4 is 15.9 Å². The van der Waals surface area contributed by atoms with Crippen LogP contribution < -0.4 is 10.0 Å². The number of sulfonamides is 1. The predicted molar refractivity (Wildman–Crippen MR) is 107 cm³/mol. The number of aryl methyl sites for hydroxylation is 2. The molecule has 1 aromatic heterocycles. The molecule has 3 aromatic rings. The smallest absolute Gasteiger partial charge is 0.251 e. The molecule has 1 heterocycles. The van der Waals surface area contributed by atoms with E-state index in [1.165, 1.54) is 0 Å². The molecule has 0 unspecified atom stereocenters. The maximum Gasteiger partial charge on any atom is 0.251 e. The van der Waals surface area contributed by atoms with Crippen molar-refractivity contribution in [1.82, 2.24) is 20.2 Å². The fraction of sp³-hybridized carbons (Fsp3) is 0.200. The molecule has 0 aliphatic heterocycles. The molecule has 0 spiro atoms. The van der Waals surface area contributed by atoms with E-state index in [-0.39, 0.29) is 23.9 Å². The summed E-state index contributed by atoms with van der Waals surface area (Å²) in [6.07, 6.45) is 0. The van der Waals surface area contributed by atoms with Crippen molar-refractivity contribution in [2.24, 2.45) is 0 Å². The molecule has 0 bridgehead atoms. The van der Waals surface area contributed by atoms with Gasteiger partial charge in [-0.15, -0.1) is 0 Å². The van der Waals surface area contributed by atoms with Gasteiger partial charge in [0.2, 0.25) is 10.0 Å². The number of aromatic amines is 1. The first-order valence-electron chi connectivity index (χ1n) is 8.83. The maximum absolute atomic E-state index is 12.3. The van der Waals surface area contributed by atoms with Crippen LogP contribution in [0.3, 0.4) is 0 Å². The van der Waals surface area contributed by atoms with Crippen LogP contribution in [0.1, 0.15) is 21.7 Å². The van der Waals surface area contributed by atoms with Gasteiger partial charge in [0.1, 0.15) is 4.90 Å². The Balaban J connectivity index is 1.53. The largest absolute Gasteiger partial charge is 0.351 e. The Morgan fingerprint density at radius 2 is 1.61 bits per heavy atom. The predicted octanol–water partition coefficient (Wildman–Crippen LogP) is 2.40. The summed E-state index contributed by atoms with van der Waals surface area (Å²) in [5, 5.41) is 9.26. The highest BCUT2D eigenvalue weighted by molar-refractivity contribution is 7.89. The van der Waals surface area contributed by atoms with Crippen LogP contribution in [0.5, 0.6) is 0 Å². The van der Waals surface area contributed by atoms with Gasteiger partial charge in [0, 0.05) is 18.7 Å². The summed E-state index contributed by atoms with van der Waals surface area (Å²) >= 11 is 0. The van der Waals surface area contributed by atoms with Gasteiger partial charge in [-0.1, -0.05) is 42.5 Å². The van der Waals surface area contributed by atoms with E-state index in [0.717, 1.165) is 11.1 Å². The van der Waals surface area contributed by atoms with E-state index in [4.69, 9.17) is 0 Å². The first-order chi connectivity index (χ1) is 13.4. The Morgan fingerprint density at radius 1 is 0.964 bits per heavy atom. The third kappa shape index (κ3) is 4.47. The monoisotopic (exact) mass is 398 g/mol. The Bertz CT molecular complexity index is 1040. The van der Waals surface area contributed by atoms with Crippen molar-refractivity contribution in [3.8, 4) is 11.1 Å². The molecule has 3 N–H and O–H groups in total. The van der Waals surface area contributed by atoms with Crippen LogP contribution in [0.25, 0.3) is 11.1 Å². The highest BCUT2D eigenvalue weighted by Crippen LogP contribution is 2.19. The molecule has 2 aromatic carbocycles. The number of H-pyrrole nitrogens is 1. The lowest BCUT2D eigenvalue weighted by Crippen LogP contribution is -2.35. The molecule has 0 radical (unpaired) electrons. The Hall–Kier alpha value is -2.97. The molecule has 0 atom stereocenters. The van der Waals surface area contributed by atoms with Crippen LogP contribution in [-0.2, 0) is 10.0 Å². The molecule has 146 valence electrons. The first-order valence-corrected chi connectivity index (χ1v) is 10.3. The number of carbonyl (C=O) groups is 1. The Kier molecular flexibility index (Phi) is 5.91. The second-order valence-corrected chi connectivity index (χ2v) is 8.06. The van der Waals surface area contributed by atoms with Crippen LogP contribution >= 0.6 is 0 Å². The van der Waals surface area contributed by atoms with Gasteiger partial charge in [0.15, 0.2) is 0 Å². The third-order valence-corrected chi connectivity index (χ3v) is 6.01. The van der Waals surface area contributed by atoms with Crippen LogP contribution in [0.15, 0.2) is 59.5 Å². The van der Waals surface area contributed by atoms with E-state index in [1.807, 2.05) is 42.5 Å². The molecule has 8 heteroatoms. The van der Waals surface area contributed by atoms with Crippen molar-refractivity contribution in [2.45, 2.75) is 18.7 Å². The van der Waals surface area contributed by atoms with Crippen LogP contribution in [-0.4, -0.2) is 37.6 Å².